The molecule has 0 aliphatic carbocycles. The second kappa shape index (κ2) is 6.24. The second-order valence-electron chi connectivity index (χ2n) is 5.83. The zero-order valence-corrected chi connectivity index (χ0v) is 12.9. The van der Waals surface area contributed by atoms with Crippen molar-refractivity contribution in [3.05, 3.63) is 35.4 Å². The van der Waals surface area contributed by atoms with E-state index in [1.54, 1.807) is 28.6 Å². The molecular weight excluding hydrogens is 274 g/mol. The maximum absolute atomic E-state index is 12.5. The number of nitrogens with zero attached hydrogens (tertiary/aromatic N) is 1. The van der Waals surface area contributed by atoms with Crippen LogP contribution in [0.5, 0.6) is 0 Å². The third-order valence-corrected chi connectivity index (χ3v) is 5.89. The molecule has 1 saturated heterocycles. The van der Waals surface area contributed by atoms with E-state index in [1.807, 2.05) is 6.92 Å². The van der Waals surface area contributed by atoms with Crippen LogP contribution < -0.4 is 0 Å². The maximum Gasteiger partial charge on any atom is 0.218 e. The number of hydrogen-bond donors (Lipinski definition) is 1. The Hall–Kier alpha value is -0.910. The quantitative estimate of drug-likeness (QED) is 0.926. The highest BCUT2D eigenvalue weighted by atomic mass is 32.2. The number of benzene rings is 1. The molecule has 0 spiro atoms. The Bertz CT molecular complexity index is 539. The van der Waals surface area contributed by atoms with E-state index in [1.165, 1.54) is 0 Å². The number of hydrogen-bond acceptors (Lipinski definition) is 3. The number of piperidine rings is 1. The molecule has 1 aromatic carbocycles. The standard InChI is InChI=1S/C15H23NO3S/c1-12-3-4-13(2)16(9-12)20(18,19)11-15-7-5-14(10-17)6-8-15/h5-8,12-13,17H,3-4,9-11H2,1-2H3. The summed E-state index contributed by atoms with van der Waals surface area (Å²) in [6.45, 7) is 4.69. The van der Waals surface area contributed by atoms with E-state index < -0.39 is 10.0 Å². The van der Waals surface area contributed by atoms with Gasteiger partial charge in [0.05, 0.1) is 12.4 Å². The minimum absolute atomic E-state index is 0.0201. The fourth-order valence-electron chi connectivity index (χ4n) is 2.67. The van der Waals surface area contributed by atoms with E-state index in [0.717, 1.165) is 24.0 Å². The van der Waals surface area contributed by atoms with Gasteiger partial charge in [-0.1, -0.05) is 31.2 Å². The Kier molecular flexibility index (Phi) is 4.83. The summed E-state index contributed by atoms with van der Waals surface area (Å²) in [5, 5.41) is 9.00. The normalized spacial score (nSPS) is 24.8. The van der Waals surface area contributed by atoms with E-state index in [4.69, 9.17) is 5.11 Å². The van der Waals surface area contributed by atoms with E-state index in [-0.39, 0.29) is 18.4 Å². The molecule has 1 heterocycles. The summed E-state index contributed by atoms with van der Waals surface area (Å²) >= 11 is 0. The van der Waals surface area contributed by atoms with Gasteiger partial charge >= 0.3 is 0 Å². The first-order valence-corrected chi connectivity index (χ1v) is 8.71. The van der Waals surface area contributed by atoms with Gasteiger partial charge in [-0.3, -0.25) is 0 Å². The third kappa shape index (κ3) is 3.59. The molecule has 112 valence electrons. The monoisotopic (exact) mass is 297 g/mol. The van der Waals surface area contributed by atoms with Crippen LogP contribution in [0.2, 0.25) is 0 Å². The van der Waals surface area contributed by atoms with Gasteiger partial charge in [0.1, 0.15) is 0 Å². The Morgan fingerprint density at radius 1 is 1.15 bits per heavy atom. The molecule has 0 radical (unpaired) electrons. The van der Waals surface area contributed by atoms with Crippen molar-refractivity contribution in [3.63, 3.8) is 0 Å². The predicted octanol–water partition coefficient (Wildman–Crippen LogP) is 2.13. The van der Waals surface area contributed by atoms with Crippen molar-refractivity contribution in [2.24, 2.45) is 5.92 Å². The lowest BCUT2D eigenvalue weighted by Gasteiger charge is -2.35. The van der Waals surface area contributed by atoms with Crippen LogP contribution in [-0.4, -0.2) is 30.4 Å². The lowest BCUT2D eigenvalue weighted by molar-refractivity contribution is 0.217. The fourth-order valence-corrected chi connectivity index (χ4v) is 4.59. The Balaban J connectivity index is 2.13. The summed E-state index contributed by atoms with van der Waals surface area (Å²) in [6, 6.07) is 7.19. The molecule has 0 bridgehead atoms. The molecule has 2 rings (SSSR count). The van der Waals surface area contributed by atoms with Gasteiger partial charge in [-0.25, -0.2) is 8.42 Å². The van der Waals surface area contributed by atoms with Crippen LogP contribution in [-0.2, 0) is 22.4 Å². The van der Waals surface area contributed by atoms with E-state index in [2.05, 4.69) is 6.92 Å². The molecule has 0 amide bonds. The highest BCUT2D eigenvalue weighted by molar-refractivity contribution is 7.88. The molecule has 1 aliphatic heterocycles. The molecule has 20 heavy (non-hydrogen) atoms. The van der Waals surface area contributed by atoms with Crippen molar-refractivity contribution >= 4 is 10.0 Å². The Morgan fingerprint density at radius 2 is 1.75 bits per heavy atom. The van der Waals surface area contributed by atoms with Crippen molar-refractivity contribution in [1.82, 2.24) is 4.31 Å². The average molecular weight is 297 g/mol. The molecule has 4 nitrogen and oxygen atoms in total. The summed E-state index contributed by atoms with van der Waals surface area (Å²) in [6.07, 6.45) is 2.03. The zero-order valence-electron chi connectivity index (χ0n) is 12.1. The van der Waals surface area contributed by atoms with E-state index in [0.29, 0.717) is 12.5 Å². The minimum atomic E-state index is -3.27. The van der Waals surface area contributed by atoms with Gasteiger partial charge in [0.25, 0.3) is 0 Å². The molecule has 2 atom stereocenters. The smallest absolute Gasteiger partial charge is 0.218 e. The maximum atomic E-state index is 12.5. The van der Waals surface area contributed by atoms with Crippen molar-refractivity contribution in [2.75, 3.05) is 6.54 Å². The first kappa shape index (κ1) is 15.5. The number of sulfonamides is 1. The third-order valence-electron chi connectivity index (χ3n) is 3.97. The van der Waals surface area contributed by atoms with Gasteiger partial charge in [-0.2, -0.15) is 4.31 Å². The van der Waals surface area contributed by atoms with Crippen molar-refractivity contribution in [1.29, 1.82) is 0 Å². The average Bonchev–Trinajstić information content (AvgIpc) is 2.42. The number of aliphatic hydroxyl groups is 1. The predicted molar refractivity (Wildman–Crippen MR) is 79.6 cm³/mol. The van der Waals surface area contributed by atoms with Gasteiger partial charge < -0.3 is 5.11 Å². The number of aliphatic hydroxyl groups excluding tert-OH is 1. The molecular formula is C15H23NO3S. The van der Waals surface area contributed by atoms with Crippen LogP contribution in [0.3, 0.4) is 0 Å². The summed E-state index contributed by atoms with van der Waals surface area (Å²) < 4.78 is 26.7. The largest absolute Gasteiger partial charge is 0.392 e. The summed E-state index contributed by atoms with van der Waals surface area (Å²) in [5.74, 6) is 0.466. The van der Waals surface area contributed by atoms with E-state index in [9.17, 15) is 8.42 Å². The minimum Gasteiger partial charge on any atom is -0.392 e. The molecule has 0 aromatic heterocycles. The SMILES string of the molecule is CC1CCC(C)N(S(=O)(=O)Cc2ccc(CO)cc2)C1. The van der Waals surface area contributed by atoms with Crippen molar-refractivity contribution in [2.45, 2.75) is 45.1 Å². The van der Waals surface area contributed by atoms with Crippen LogP contribution in [0.25, 0.3) is 0 Å². The fraction of sp³-hybridized carbons (Fsp3) is 0.600. The van der Waals surface area contributed by atoms with Crippen LogP contribution >= 0.6 is 0 Å². The lowest BCUT2D eigenvalue weighted by Crippen LogP contribution is -2.45. The van der Waals surface area contributed by atoms with Gasteiger partial charge in [0.15, 0.2) is 0 Å². The molecule has 1 aromatic rings. The molecule has 5 heteroatoms. The van der Waals surface area contributed by atoms with Gasteiger partial charge in [-0.05, 0) is 36.8 Å². The van der Waals surface area contributed by atoms with Gasteiger partial charge in [0, 0.05) is 12.6 Å². The summed E-state index contributed by atoms with van der Waals surface area (Å²) in [7, 11) is -3.27. The molecule has 1 fully saturated rings. The highest BCUT2D eigenvalue weighted by Gasteiger charge is 2.32. The number of rotatable bonds is 4. The van der Waals surface area contributed by atoms with Crippen LogP contribution in [0, 0.1) is 5.92 Å². The topological polar surface area (TPSA) is 57.6 Å². The Morgan fingerprint density at radius 3 is 2.35 bits per heavy atom. The molecule has 2 unspecified atom stereocenters. The van der Waals surface area contributed by atoms with E-state index >= 15 is 0 Å². The van der Waals surface area contributed by atoms with Crippen molar-refractivity contribution in [3.8, 4) is 0 Å². The molecule has 1 N–H and O–H groups in total. The van der Waals surface area contributed by atoms with Crippen LogP contribution in [0.15, 0.2) is 24.3 Å². The van der Waals surface area contributed by atoms with Crippen LogP contribution in [0.4, 0.5) is 0 Å². The van der Waals surface area contributed by atoms with Gasteiger partial charge in [0.2, 0.25) is 10.0 Å². The van der Waals surface area contributed by atoms with Gasteiger partial charge in [-0.15, -0.1) is 0 Å². The summed E-state index contributed by atoms with van der Waals surface area (Å²) in [5.41, 5.74) is 1.57. The summed E-state index contributed by atoms with van der Waals surface area (Å²) in [4.78, 5) is 0. The lowest BCUT2D eigenvalue weighted by atomic mass is 9.97. The second-order valence-corrected chi connectivity index (χ2v) is 7.75. The molecule has 0 saturated carbocycles. The van der Waals surface area contributed by atoms with Crippen molar-refractivity contribution < 1.29 is 13.5 Å². The van der Waals surface area contributed by atoms with Crippen LogP contribution in [0.1, 0.15) is 37.8 Å². The highest BCUT2D eigenvalue weighted by Crippen LogP contribution is 2.25. The first-order chi connectivity index (χ1) is 9.42. The zero-order chi connectivity index (χ0) is 14.8. The first-order valence-electron chi connectivity index (χ1n) is 7.10. The Labute approximate surface area is 121 Å². The molecule has 1 aliphatic rings.